The smallest absolute Gasteiger partial charge is 0.272 e. The molecule has 0 radical (unpaired) electrons. The van der Waals surface area contributed by atoms with E-state index < -0.39 is 0 Å². The summed E-state index contributed by atoms with van der Waals surface area (Å²) >= 11 is 0. The Hall–Kier alpha value is -3.09. The van der Waals surface area contributed by atoms with Crippen molar-refractivity contribution in [3.05, 3.63) is 53.9 Å². The monoisotopic (exact) mass is 341 g/mol. The fraction of sp³-hybridized carbons (Fsp3) is 0.278. The molecule has 2 heterocycles. The van der Waals surface area contributed by atoms with Crippen molar-refractivity contribution in [1.29, 1.82) is 0 Å². The third kappa shape index (κ3) is 3.88. The zero-order valence-electron chi connectivity index (χ0n) is 13.6. The Morgan fingerprint density at radius 3 is 2.12 bits per heavy atom. The van der Waals surface area contributed by atoms with E-state index in [1.807, 2.05) is 0 Å². The SMILES string of the molecule is O=C(c1cc(O)cc(O)c1)N1CCCN(C(=O)c2ccccn2)CC1. The minimum atomic E-state index is -0.279. The molecule has 1 aliphatic heterocycles. The second-order valence-electron chi connectivity index (χ2n) is 5.89. The van der Waals surface area contributed by atoms with Crippen LogP contribution in [0.25, 0.3) is 0 Å². The summed E-state index contributed by atoms with van der Waals surface area (Å²) in [6.07, 6.45) is 2.23. The van der Waals surface area contributed by atoms with E-state index in [9.17, 15) is 19.8 Å². The van der Waals surface area contributed by atoms with Crippen LogP contribution in [0.4, 0.5) is 0 Å². The highest BCUT2D eigenvalue weighted by Gasteiger charge is 2.24. The topological polar surface area (TPSA) is 94.0 Å². The van der Waals surface area contributed by atoms with E-state index in [1.165, 1.54) is 18.2 Å². The van der Waals surface area contributed by atoms with Crippen LogP contribution >= 0.6 is 0 Å². The highest BCUT2D eigenvalue weighted by Crippen LogP contribution is 2.22. The van der Waals surface area contributed by atoms with Crippen LogP contribution in [0.5, 0.6) is 11.5 Å². The summed E-state index contributed by atoms with van der Waals surface area (Å²) in [5.74, 6) is -0.751. The van der Waals surface area contributed by atoms with Crippen LogP contribution in [0.15, 0.2) is 42.6 Å². The molecule has 25 heavy (non-hydrogen) atoms. The van der Waals surface area contributed by atoms with Gasteiger partial charge in [0.25, 0.3) is 11.8 Å². The van der Waals surface area contributed by atoms with Gasteiger partial charge in [-0.2, -0.15) is 0 Å². The summed E-state index contributed by atoms with van der Waals surface area (Å²) in [6.45, 7) is 1.84. The number of phenolic OH excluding ortho intramolecular Hbond substituents is 2. The maximum absolute atomic E-state index is 12.6. The standard InChI is InChI=1S/C18H19N3O4/c22-14-10-13(11-15(23)12-14)17(24)20-6-3-7-21(9-8-20)18(25)16-4-1-2-5-19-16/h1-2,4-5,10-12,22-23H,3,6-9H2. The van der Waals surface area contributed by atoms with Crippen molar-refractivity contribution in [3.8, 4) is 11.5 Å². The molecule has 130 valence electrons. The first-order valence-electron chi connectivity index (χ1n) is 8.07. The van der Waals surface area contributed by atoms with Gasteiger partial charge in [-0.15, -0.1) is 0 Å². The van der Waals surface area contributed by atoms with Gasteiger partial charge in [0.2, 0.25) is 0 Å². The highest BCUT2D eigenvalue weighted by atomic mass is 16.3. The zero-order valence-corrected chi connectivity index (χ0v) is 13.6. The number of pyridine rings is 1. The van der Waals surface area contributed by atoms with Crippen molar-refractivity contribution in [2.45, 2.75) is 6.42 Å². The predicted octanol–water partition coefficient (Wildman–Crippen LogP) is 1.48. The van der Waals surface area contributed by atoms with E-state index in [0.717, 1.165) is 0 Å². The van der Waals surface area contributed by atoms with Crippen molar-refractivity contribution in [2.24, 2.45) is 0 Å². The van der Waals surface area contributed by atoms with Gasteiger partial charge in [-0.3, -0.25) is 14.6 Å². The Labute approximate surface area is 145 Å². The van der Waals surface area contributed by atoms with E-state index in [-0.39, 0.29) is 28.9 Å². The number of carbonyl (C=O) groups is 2. The molecule has 0 unspecified atom stereocenters. The Kier molecular flexibility index (Phi) is 4.83. The van der Waals surface area contributed by atoms with Gasteiger partial charge in [0, 0.05) is 44.0 Å². The summed E-state index contributed by atoms with van der Waals surface area (Å²) < 4.78 is 0. The van der Waals surface area contributed by atoms with Gasteiger partial charge in [0.05, 0.1) is 0 Å². The number of phenols is 2. The quantitative estimate of drug-likeness (QED) is 0.863. The predicted molar refractivity (Wildman–Crippen MR) is 90.4 cm³/mol. The lowest BCUT2D eigenvalue weighted by atomic mass is 10.1. The Morgan fingerprint density at radius 2 is 1.52 bits per heavy atom. The van der Waals surface area contributed by atoms with Crippen LogP contribution in [0.2, 0.25) is 0 Å². The Balaban J connectivity index is 1.69. The van der Waals surface area contributed by atoms with Crippen LogP contribution in [0, 0.1) is 0 Å². The second kappa shape index (κ2) is 7.21. The van der Waals surface area contributed by atoms with Crippen LogP contribution in [-0.4, -0.2) is 63.0 Å². The molecular formula is C18H19N3O4. The first-order valence-corrected chi connectivity index (χ1v) is 8.07. The minimum absolute atomic E-state index is 0.148. The molecule has 2 N–H and O–H groups in total. The molecular weight excluding hydrogens is 322 g/mol. The lowest BCUT2D eigenvalue weighted by Gasteiger charge is -2.22. The van der Waals surface area contributed by atoms with Crippen LogP contribution in [-0.2, 0) is 0 Å². The summed E-state index contributed by atoms with van der Waals surface area (Å²) in [4.78, 5) is 32.5. The number of aromatic hydroxyl groups is 2. The molecule has 1 aliphatic rings. The molecule has 0 spiro atoms. The molecule has 3 rings (SSSR count). The summed E-state index contributed by atoms with van der Waals surface area (Å²) in [5, 5.41) is 19.1. The van der Waals surface area contributed by atoms with Gasteiger partial charge in [-0.1, -0.05) is 6.07 Å². The number of hydrogen-bond acceptors (Lipinski definition) is 5. The zero-order chi connectivity index (χ0) is 17.8. The minimum Gasteiger partial charge on any atom is -0.508 e. The first-order chi connectivity index (χ1) is 12.0. The van der Waals surface area contributed by atoms with Gasteiger partial charge in [-0.05, 0) is 30.7 Å². The van der Waals surface area contributed by atoms with Crippen LogP contribution < -0.4 is 0 Å². The lowest BCUT2D eigenvalue weighted by Crippen LogP contribution is -2.37. The largest absolute Gasteiger partial charge is 0.508 e. The van der Waals surface area contributed by atoms with Gasteiger partial charge >= 0.3 is 0 Å². The number of nitrogens with zero attached hydrogens (tertiary/aromatic N) is 3. The molecule has 2 amide bonds. The third-order valence-electron chi connectivity index (χ3n) is 4.10. The first kappa shape index (κ1) is 16.8. The number of hydrogen-bond donors (Lipinski definition) is 2. The lowest BCUT2D eigenvalue weighted by molar-refractivity contribution is 0.0715. The van der Waals surface area contributed by atoms with E-state index in [1.54, 1.807) is 34.2 Å². The molecule has 1 saturated heterocycles. The van der Waals surface area contributed by atoms with E-state index >= 15 is 0 Å². The van der Waals surface area contributed by atoms with Crippen molar-refractivity contribution >= 4 is 11.8 Å². The van der Waals surface area contributed by atoms with E-state index in [2.05, 4.69) is 4.98 Å². The van der Waals surface area contributed by atoms with Crippen molar-refractivity contribution in [3.63, 3.8) is 0 Å². The fourth-order valence-corrected chi connectivity index (χ4v) is 2.88. The van der Waals surface area contributed by atoms with Gasteiger partial charge in [0.15, 0.2) is 0 Å². The van der Waals surface area contributed by atoms with Crippen molar-refractivity contribution in [2.75, 3.05) is 26.2 Å². The number of amides is 2. The van der Waals surface area contributed by atoms with E-state index in [4.69, 9.17) is 0 Å². The maximum Gasteiger partial charge on any atom is 0.272 e. The molecule has 0 atom stereocenters. The fourth-order valence-electron chi connectivity index (χ4n) is 2.88. The number of rotatable bonds is 2. The van der Waals surface area contributed by atoms with E-state index in [0.29, 0.717) is 38.3 Å². The van der Waals surface area contributed by atoms with Gasteiger partial charge in [-0.25, -0.2) is 0 Å². The highest BCUT2D eigenvalue weighted by molar-refractivity contribution is 5.95. The number of carbonyl (C=O) groups excluding carboxylic acids is 2. The summed E-state index contributed by atoms with van der Waals surface area (Å²) in [7, 11) is 0. The average molecular weight is 341 g/mol. The molecule has 2 aromatic rings. The maximum atomic E-state index is 12.6. The molecule has 0 aliphatic carbocycles. The number of aromatic nitrogens is 1. The summed E-state index contributed by atoms with van der Waals surface area (Å²) in [6, 6.07) is 9.01. The molecule has 7 nitrogen and oxygen atoms in total. The molecule has 1 fully saturated rings. The van der Waals surface area contributed by atoms with Crippen LogP contribution in [0.1, 0.15) is 27.3 Å². The van der Waals surface area contributed by atoms with Crippen LogP contribution in [0.3, 0.4) is 0 Å². The Bertz CT molecular complexity index is 759. The summed E-state index contributed by atoms with van der Waals surface area (Å²) in [5.41, 5.74) is 0.613. The second-order valence-corrected chi connectivity index (χ2v) is 5.89. The molecule has 0 bridgehead atoms. The molecule has 1 aromatic carbocycles. The van der Waals surface area contributed by atoms with Gasteiger partial charge in [0.1, 0.15) is 17.2 Å². The number of benzene rings is 1. The normalized spacial score (nSPS) is 14.9. The third-order valence-corrected chi connectivity index (χ3v) is 4.10. The van der Waals surface area contributed by atoms with Crippen molar-refractivity contribution < 1.29 is 19.8 Å². The Morgan fingerprint density at radius 1 is 0.880 bits per heavy atom. The average Bonchev–Trinajstić information content (AvgIpc) is 2.86. The molecule has 7 heteroatoms. The molecule has 1 aromatic heterocycles. The van der Waals surface area contributed by atoms with Crippen molar-refractivity contribution in [1.82, 2.24) is 14.8 Å². The molecule has 0 saturated carbocycles. The van der Waals surface area contributed by atoms with Gasteiger partial charge < -0.3 is 20.0 Å².